The molecule has 1 aromatic heterocycles. The van der Waals surface area contributed by atoms with Crippen LogP contribution >= 0.6 is 0 Å². The van der Waals surface area contributed by atoms with Crippen molar-refractivity contribution in [3.8, 4) is 11.5 Å². The molecule has 3 aromatic carbocycles. The summed E-state index contributed by atoms with van der Waals surface area (Å²) in [5.41, 5.74) is -0.259. The Kier molecular flexibility index (Phi) is 8.65. The molecule has 1 saturated heterocycles. The summed E-state index contributed by atoms with van der Waals surface area (Å²) in [6, 6.07) is 25.6. The number of aldehydes is 1. The van der Waals surface area contributed by atoms with E-state index in [-0.39, 0.29) is 13.0 Å². The van der Waals surface area contributed by atoms with Crippen LogP contribution in [0.4, 0.5) is 4.39 Å². The van der Waals surface area contributed by atoms with E-state index in [4.69, 9.17) is 18.9 Å². The molecule has 0 radical (unpaired) electrons. The Morgan fingerprint density at radius 1 is 0.881 bits per heavy atom. The van der Waals surface area contributed by atoms with Crippen LogP contribution in [0, 0.1) is 5.92 Å². The average Bonchev–Trinajstić information content (AvgIpc) is 3.33. The lowest BCUT2D eigenvalue weighted by Crippen LogP contribution is -2.37. The van der Waals surface area contributed by atoms with Gasteiger partial charge in [0.25, 0.3) is 5.56 Å². The van der Waals surface area contributed by atoms with E-state index in [1.165, 1.54) is 6.20 Å². The number of nitrogens with zero attached hydrogens (tertiary/aromatic N) is 1. The molecule has 0 saturated carbocycles. The van der Waals surface area contributed by atoms with Gasteiger partial charge in [-0.2, -0.15) is 0 Å². The van der Waals surface area contributed by atoms with Crippen LogP contribution in [0.15, 0.2) is 101 Å². The van der Waals surface area contributed by atoms with Crippen molar-refractivity contribution in [2.24, 2.45) is 5.92 Å². The SMILES string of the molecule is COc1ccc(C(OC[C@H]2O[C@@H](n3ccc(=O)[nH]c3=O)[C@H](F)[C@@H]2CC=O)(c2ccccc2)c2ccc(OC)cc2)cc1. The lowest BCUT2D eigenvalue weighted by molar-refractivity contribution is -0.110. The number of carbonyl (C=O) groups is 1. The Morgan fingerprint density at radius 2 is 1.45 bits per heavy atom. The van der Waals surface area contributed by atoms with E-state index in [9.17, 15) is 14.4 Å². The quantitative estimate of drug-likeness (QED) is 0.213. The van der Waals surface area contributed by atoms with Crippen molar-refractivity contribution in [1.82, 2.24) is 9.55 Å². The number of rotatable bonds is 11. The fourth-order valence-electron chi connectivity index (χ4n) is 5.46. The normalized spacial score (nSPS) is 20.3. The first-order chi connectivity index (χ1) is 20.4. The lowest BCUT2D eigenvalue weighted by Gasteiger charge is -2.37. The van der Waals surface area contributed by atoms with Crippen LogP contribution in [-0.4, -0.2) is 48.9 Å². The first-order valence-corrected chi connectivity index (χ1v) is 13.4. The summed E-state index contributed by atoms with van der Waals surface area (Å²) in [7, 11) is 3.17. The molecule has 0 amide bonds. The lowest BCUT2D eigenvalue weighted by atomic mass is 9.80. The van der Waals surface area contributed by atoms with E-state index < -0.39 is 41.3 Å². The summed E-state index contributed by atoms with van der Waals surface area (Å²) < 4.78 is 40.5. The number of aromatic amines is 1. The summed E-state index contributed by atoms with van der Waals surface area (Å²) >= 11 is 0. The average molecular weight is 575 g/mol. The highest BCUT2D eigenvalue weighted by atomic mass is 19.1. The second-order valence-electron chi connectivity index (χ2n) is 9.91. The molecule has 0 bridgehead atoms. The van der Waals surface area contributed by atoms with Gasteiger partial charge in [0.15, 0.2) is 12.4 Å². The summed E-state index contributed by atoms with van der Waals surface area (Å²) in [4.78, 5) is 37.8. The standard InChI is InChI=1S/C32H31FN2O7/c1-39-24-12-8-22(9-13-24)32(21-6-4-3-5-7-21,23-10-14-25(40-2)15-11-23)41-20-27-26(17-19-36)29(33)30(42-27)35-18-16-28(37)34-31(35)38/h3-16,18-19,26-27,29-30H,17,20H2,1-2H3,(H,34,37,38)/t26-,27-,29-,30-/m1/s1. The van der Waals surface area contributed by atoms with Gasteiger partial charge >= 0.3 is 5.69 Å². The molecule has 1 aliphatic rings. The number of benzene rings is 3. The Morgan fingerprint density at radius 3 is 1.98 bits per heavy atom. The number of hydrogen-bond acceptors (Lipinski definition) is 7. The second kappa shape index (κ2) is 12.5. The van der Waals surface area contributed by atoms with Gasteiger partial charge in [0.1, 0.15) is 23.4 Å². The number of ether oxygens (including phenoxy) is 4. The first kappa shape index (κ1) is 29.0. The number of nitrogens with one attached hydrogen (secondary N) is 1. The maximum absolute atomic E-state index is 15.8. The number of H-pyrrole nitrogens is 1. The van der Waals surface area contributed by atoms with Crippen molar-refractivity contribution in [3.05, 3.63) is 129 Å². The molecule has 2 heterocycles. The van der Waals surface area contributed by atoms with E-state index >= 15 is 4.39 Å². The molecule has 42 heavy (non-hydrogen) atoms. The summed E-state index contributed by atoms with van der Waals surface area (Å²) in [5.74, 6) is 0.427. The predicted molar refractivity (Wildman–Crippen MR) is 153 cm³/mol. The molecule has 10 heteroatoms. The third-order valence-electron chi connectivity index (χ3n) is 7.60. The zero-order valence-corrected chi connectivity index (χ0v) is 23.1. The van der Waals surface area contributed by atoms with E-state index in [2.05, 4.69) is 4.98 Å². The summed E-state index contributed by atoms with van der Waals surface area (Å²) in [6.45, 7) is -0.125. The van der Waals surface area contributed by atoms with Crippen LogP contribution in [0.1, 0.15) is 29.3 Å². The largest absolute Gasteiger partial charge is 0.497 e. The van der Waals surface area contributed by atoms with Crippen LogP contribution in [0.3, 0.4) is 0 Å². The highest BCUT2D eigenvalue weighted by Gasteiger charge is 2.48. The van der Waals surface area contributed by atoms with Gasteiger partial charge in [-0.25, -0.2) is 9.18 Å². The molecule has 0 spiro atoms. The minimum absolute atomic E-state index is 0.125. The van der Waals surface area contributed by atoms with Crippen molar-refractivity contribution < 1.29 is 28.1 Å². The van der Waals surface area contributed by atoms with Gasteiger partial charge in [0.2, 0.25) is 0 Å². The topological polar surface area (TPSA) is 109 Å². The van der Waals surface area contributed by atoms with Crippen LogP contribution in [-0.2, 0) is 19.9 Å². The number of methoxy groups -OCH3 is 2. The number of carbonyl (C=O) groups excluding carboxylic acids is 1. The van der Waals surface area contributed by atoms with Gasteiger partial charge in [0, 0.05) is 24.6 Å². The molecule has 1 N–H and O–H groups in total. The first-order valence-electron chi connectivity index (χ1n) is 13.4. The van der Waals surface area contributed by atoms with Crippen LogP contribution in [0.2, 0.25) is 0 Å². The molecule has 1 fully saturated rings. The van der Waals surface area contributed by atoms with Crippen molar-refractivity contribution in [2.45, 2.75) is 30.5 Å². The van der Waals surface area contributed by atoms with Crippen LogP contribution in [0.5, 0.6) is 11.5 Å². The molecule has 0 aliphatic carbocycles. The molecule has 9 nitrogen and oxygen atoms in total. The van der Waals surface area contributed by atoms with E-state index in [0.717, 1.165) is 27.3 Å². The second-order valence-corrected chi connectivity index (χ2v) is 9.91. The minimum Gasteiger partial charge on any atom is -0.497 e. The van der Waals surface area contributed by atoms with Gasteiger partial charge < -0.3 is 23.7 Å². The smallest absolute Gasteiger partial charge is 0.330 e. The highest BCUT2D eigenvalue weighted by Crippen LogP contribution is 2.44. The van der Waals surface area contributed by atoms with Crippen molar-refractivity contribution in [2.75, 3.05) is 20.8 Å². The third-order valence-corrected chi connectivity index (χ3v) is 7.60. The number of halogens is 1. The van der Waals surface area contributed by atoms with Crippen molar-refractivity contribution in [1.29, 1.82) is 0 Å². The molecule has 4 aromatic rings. The molecule has 4 atom stereocenters. The monoisotopic (exact) mass is 574 g/mol. The highest BCUT2D eigenvalue weighted by molar-refractivity contribution is 5.51. The fourth-order valence-corrected chi connectivity index (χ4v) is 5.46. The maximum Gasteiger partial charge on any atom is 0.330 e. The predicted octanol–water partition coefficient (Wildman–Crippen LogP) is 4.00. The van der Waals surface area contributed by atoms with Crippen LogP contribution < -0.4 is 20.7 Å². The molecule has 0 unspecified atom stereocenters. The number of alkyl halides is 1. The maximum atomic E-state index is 15.8. The molecular weight excluding hydrogens is 543 g/mol. The fraction of sp³-hybridized carbons (Fsp3) is 0.281. The Balaban J connectivity index is 1.59. The molecular formula is C32H31FN2O7. The van der Waals surface area contributed by atoms with Crippen molar-refractivity contribution >= 4 is 6.29 Å². The zero-order chi connectivity index (χ0) is 29.7. The van der Waals surface area contributed by atoms with Gasteiger partial charge in [-0.15, -0.1) is 0 Å². The van der Waals surface area contributed by atoms with Gasteiger partial charge in [0.05, 0.1) is 26.9 Å². The van der Waals surface area contributed by atoms with E-state index in [1.807, 2.05) is 78.9 Å². The number of hydrogen-bond donors (Lipinski definition) is 1. The Bertz CT molecular complexity index is 1560. The minimum atomic E-state index is -1.71. The Hall–Kier alpha value is -4.54. The molecule has 1 aliphatic heterocycles. The van der Waals surface area contributed by atoms with Crippen molar-refractivity contribution in [3.63, 3.8) is 0 Å². The van der Waals surface area contributed by atoms with Gasteiger partial charge in [-0.05, 0) is 41.0 Å². The summed E-state index contributed by atoms with van der Waals surface area (Å²) in [5, 5.41) is 0. The molecule has 5 rings (SSSR count). The van der Waals surface area contributed by atoms with E-state index in [0.29, 0.717) is 17.8 Å². The number of aromatic nitrogens is 2. The van der Waals surface area contributed by atoms with Crippen LogP contribution in [0.25, 0.3) is 0 Å². The molecule has 218 valence electrons. The Labute approximate surface area is 241 Å². The van der Waals surface area contributed by atoms with E-state index in [1.54, 1.807) is 14.2 Å². The third kappa shape index (κ3) is 5.50. The van der Waals surface area contributed by atoms with Gasteiger partial charge in [-0.3, -0.25) is 14.3 Å². The zero-order valence-electron chi connectivity index (χ0n) is 23.1. The van der Waals surface area contributed by atoms with Gasteiger partial charge in [-0.1, -0.05) is 54.6 Å². The summed E-state index contributed by atoms with van der Waals surface area (Å²) in [6.07, 6.45) is -2.28.